The molecule has 206 valence electrons. The molecule has 0 atom stereocenters. The molecule has 5 nitrogen and oxygen atoms in total. The molecule has 0 N–H and O–H groups in total. The molecular weight excluding hydrogens is 486 g/mol. The first-order chi connectivity index (χ1) is 19.0. The number of unbranched alkanes of at least 4 members (excludes halogenated alkanes) is 3. The number of esters is 1. The molecule has 3 rings (SSSR count). The lowest BCUT2D eigenvalue weighted by atomic mass is 9.88. The molecule has 0 saturated heterocycles. The lowest BCUT2D eigenvalue weighted by Crippen LogP contribution is -2.30. The molecule has 1 amide bonds. The van der Waals surface area contributed by atoms with E-state index in [0.29, 0.717) is 26.0 Å². The average molecular weight is 528 g/mol. The monoisotopic (exact) mass is 527 g/mol. The second kappa shape index (κ2) is 16.2. The van der Waals surface area contributed by atoms with Gasteiger partial charge in [0.1, 0.15) is 12.4 Å². The first-order valence-corrected chi connectivity index (χ1v) is 13.9. The Hall–Kier alpha value is -3.86. The minimum Gasteiger partial charge on any atom is -0.492 e. The topological polar surface area (TPSA) is 55.8 Å². The SMILES string of the molecule is CC/C(=C(\c1ccccc1)c1ccc(OCCN(C)C(=O)CCCCCCC(=O)OC)cc1)c1ccccc1. The molecule has 39 heavy (non-hydrogen) atoms. The Kier molecular flexibility index (Phi) is 12.3. The molecule has 0 fully saturated rings. The van der Waals surface area contributed by atoms with E-state index < -0.39 is 0 Å². The number of carbonyl (C=O) groups excluding carboxylic acids is 2. The summed E-state index contributed by atoms with van der Waals surface area (Å²) in [6.07, 6.45) is 5.36. The van der Waals surface area contributed by atoms with Crippen LogP contribution in [0, 0.1) is 0 Å². The summed E-state index contributed by atoms with van der Waals surface area (Å²) >= 11 is 0. The van der Waals surface area contributed by atoms with Crippen molar-refractivity contribution in [2.24, 2.45) is 0 Å². The van der Waals surface area contributed by atoms with Crippen molar-refractivity contribution in [2.75, 3.05) is 27.3 Å². The van der Waals surface area contributed by atoms with Crippen molar-refractivity contribution in [2.45, 2.75) is 51.9 Å². The van der Waals surface area contributed by atoms with Crippen molar-refractivity contribution in [1.82, 2.24) is 4.90 Å². The third-order valence-electron chi connectivity index (χ3n) is 6.85. The lowest BCUT2D eigenvalue weighted by Gasteiger charge is -2.18. The standard InChI is InChI=1S/C34H41NO4/c1-4-31(27-15-9-7-10-16-27)34(28-17-11-8-12-18-28)29-21-23-30(24-22-29)39-26-25-35(2)32(36)19-13-5-6-14-20-33(37)38-3/h7-12,15-18,21-24H,4-6,13-14,19-20,25-26H2,1-3H3/b34-31-. The molecule has 3 aromatic rings. The van der Waals surface area contributed by atoms with Gasteiger partial charge >= 0.3 is 5.97 Å². The van der Waals surface area contributed by atoms with Crippen LogP contribution >= 0.6 is 0 Å². The van der Waals surface area contributed by atoms with E-state index in [1.807, 2.05) is 31.3 Å². The van der Waals surface area contributed by atoms with Gasteiger partial charge < -0.3 is 14.4 Å². The van der Waals surface area contributed by atoms with Crippen molar-refractivity contribution < 1.29 is 19.1 Å². The van der Waals surface area contributed by atoms with Gasteiger partial charge in [-0.25, -0.2) is 0 Å². The number of hydrogen-bond donors (Lipinski definition) is 0. The third-order valence-corrected chi connectivity index (χ3v) is 6.85. The van der Waals surface area contributed by atoms with Crippen LogP contribution in [0.4, 0.5) is 0 Å². The number of methoxy groups -OCH3 is 1. The summed E-state index contributed by atoms with van der Waals surface area (Å²) in [4.78, 5) is 25.3. The Balaban J connectivity index is 1.55. The number of likely N-dealkylation sites (N-methyl/N-ethyl adjacent to an activating group) is 1. The van der Waals surface area contributed by atoms with Crippen LogP contribution in [-0.4, -0.2) is 44.1 Å². The summed E-state index contributed by atoms with van der Waals surface area (Å²) < 4.78 is 10.6. The molecule has 0 aliphatic carbocycles. The summed E-state index contributed by atoms with van der Waals surface area (Å²) in [6.45, 7) is 3.17. The summed E-state index contributed by atoms with van der Waals surface area (Å²) in [7, 11) is 3.22. The second-order valence-electron chi connectivity index (χ2n) is 9.62. The Labute approximate surface area is 233 Å². The van der Waals surface area contributed by atoms with E-state index in [0.717, 1.165) is 43.4 Å². The van der Waals surface area contributed by atoms with Gasteiger partial charge in [0.25, 0.3) is 0 Å². The van der Waals surface area contributed by atoms with E-state index in [2.05, 4.69) is 72.3 Å². The van der Waals surface area contributed by atoms with Crippen LogP contribution in [0.1, 0.15) is 68.6 Å². The Morgan fingerprint density at radius 2 is 1.28 bits per heavy atom. The van der Waals surface area contributed by atoms with Gasteiger partial charge in [0.05, 0.1) is 13.7 Å². The predicted molar refractivity (Wildman–Crippen MR) is 158 cm³/mol. The number of benzene rings is 3. The summed E-state index contributed by atoms with van der Waals surface area (Å²) in [6, 6.07) is 29.3. The molecule has 0 unspecified atom stereocenters. The highest BCUT2D eigenvalue weighted by Gasteiger charge is 2.13. The summed E-state index contributed by atoms with van der Waals surface area (Å²) in [5.74, 6) is 0.731. The zero-order valence-electron chi connectivity index (χ0n) is 23.5. The molecule has 0 aliphatic rings. The fourth-order valence-corrected chi connectivity index (χ4v) is 4.62. The van der Waals surface area contributed by atoms with E-state index in [-0.39, 0.29) is 11.9 Å². The molecule has 0 aliphatic heterocycles. The first kappa shape index (κ1) is 29.7. The van der Waals surface area contributed by atoms with Crippen molar-refractivity contribution in [3.63, 3.8) is 0 Å². The number of nitrogens with zero attached hydrogens (tertiary/aromatic N) is 1. The average Bonchev–Trinajstić information content (AvgIpc) is 2.98. The molecule has 5 heteroatoms. The fraction of sp³-hybridized carbons (Fsp3) is 0.353. The van der Waals surface area contributed by atoms with E-state index in [1.165, 1.54) is 29.4 Å². The Morgan fingerprint density at radius 1 is 0.718 bits per heavy atom. The van der Waals surface area contributed by atoms with E-state index in [1.54, 1.807) is 4.90 Å². The largest absolute Gasteiger partial charge is 0.492 e. The molecule has 0 aromatic heterocycles. The van der Waals surface area contributed by atoms with Crippen molar-refractivity contribution in [1.29, 1.82) is 0 Å². The maximum atomic E-state index is 12.4. The van der Waals surface area contributed by atoms with Gasteiger partial charge in [-0.1, -0.05) is 92.6 Å². The van der Waals surface area contributed by atoms with Crippen molar-refractivity contribution >= 4 is 23.0 Å². The first-order valence-electron chi connectivity index (χ1n) is 13.9. The zero-order chi connectivity index (χ0) is 27.9. The van der Waals surface area contributed by atoms with Gasteiger partial charge in [-0.15, -0.1) is 0 Å². The summed E-state index contributed by atoms with van der Waals surface area (Å²) in [5, 5.41) is 0. The van der Waals surface area contributed by atoms with Gasteiger partial charge in [0, 0.05) is 19.9 Å². The van der Waals surface area contributed by atoms with Crippen LogP contribution in [-0.2, 0) is 14.3 Å². The fourth-order valence-electron chi connectivity index (χ4n) is 4.62. The van der Waals surface area contributed by atoms with Crippen LogP contribution < -0.4 is 4.74 Å². The van der Waals surface area contributed by atoms with E-state index in [4.69, 9.17) is 4.74 Å². The minimum atomic E-state index is -0.175. The third kappa shape index (κ3) is 9.43. The molecule has 3 aromatic carbocycles. The second-order valence-corrected chi connectivity index (χ2v) is 9.62. The van der Waals surface area contributed by atoms with Crippen LogP contribution in [0.2, 0.25) is 0 Å². The zero-order valence-corrected chi connectivity index (χ0v) is 23.5. The summed E-state index contributed by atoms with van der Waals surface area (Å²) in [5.41, 5.74) is 6.10. The number of rotatable bonds is 15. The lowest BCUT2D eigenvalue weighted by molar-refractivity contribution is -0.140. The van der Waals surface area contributed by atoms with Gasteiger partial charge in [0.2, 0.25) is 5.91 Å². The molecule has 0 heterocycles. The van der Waals surface area contributed by atoms with E-state index >= 15 is 0 Å². The van der Waals surface area contributed by atoms with E-state index in [9.17, 15) is 9.59 Å². The van der Waals surface area contributed by atoms with Gasteiger partial charge in [-0.05, 0) is 59.2 Å². The van der Waals surface area contributed by atoms with Crippen LogP contribution in [0.15, 0.2) is 84.9 Å². The van der Waals surface area contributed by atoms with Crippen LogP contribution in [0.3, 0.4) is 0 Å². The number of hydrogen-bond acceptors (Lipinski definition) is 4. The number of ether oxygens (including phenoxy) is 2. The van der Waals surface area contributed by atoms with Crippen LogP contribution in [0.5, 0.6) is 5.75 Å². The van der Waals surface area contributed by atoms with Gasteiger partial charge in [0.15, 0.2) is 0 Å². The predicted octanol–water partition coefficient (Wildman–Crippen LogP) is 7.41. The maximum Gasteiger partial charge on any atom is 0.305 e. The highest BCUT2D eigenvalue weighted by molar-refractivity contribution is 5.98. The number of amides is 1. The molecule has 0 radical (unpaired) electrons. The molecular formula is C34H41NO4. The molecule has 0 saturated carbocycles. The van der Waals surface area contributed by atoms with Crippen molar-refractivity contribution in [3.8, 4) is 5.75 Å². The normalized spacial score (nSPS) is 11.5. The maximum absolute atomic E-state index is 12.4. The Bertz CT molecular complexity index is 1190. The highest BCUT2D eigenvalue weighted by Crippen LogP contribution is 2.34. The molecule has 0 bridgehead atoms. The van der Waals surface area contributed by atoms with Gasteiger partial charge in [-0.3, -0.25) is 9.59 Å². The quantitative estimate of drug-likeness (QED) is 0.117. The van der Waals surface area contributed by atoms with Gasteiger partial charge in [-0.2, -0.15) is 0 Å². The van der Waals surface area contributed by atoms with Crippen molar-refractivity contribution in [3.05, 3.63) is 102 Å². The molecule has 0 spiro atoms. The smallest absolute Gasteiger partial charge is 0.305 e. The minimum absolute atomic E-state index is 0.118. The Morgan fingerprint density at radius 3 is 1.87 bits per heavy atom. The number of carbonyl (C=O) groups is 2. The van der Waals surface area contributed by atoms with Crippen LogP contribution in [0.25, 0.3) is 11.1 Å². The highest BCUT2D eigenvalue weighted by atomic mass is 16.5. The number of allylic oxidation sites excluding steroid dienone is 1.